The van der Waals surface area contributed by atoms with Crippen molar-refractivity contribution in [1.29, 1.82) is 5.41 Å². The molecule has 0 saturated heterocycles. The van der Waals surface area contributed by atoms with Gasteiger partial charge in [-0.2, -0.15) is 0 Å². The van der Waals surface area contributed by atoms with Crippen LogP contribution in [-0.4, -0.2) is 10.7 Å². The third-order valence-electron chi connectivity index (χ3n) is 3.92. The van der Waals surface area contributed by atoms with Crippen LogP contribution in [0, 0.1) is 12.3 Å². The van der Waals surface area contributed by atoms with Gasteiger partial charge in [0.2, 0.25) is 0 Å². The molecule has 0 radical (unpaired) electrons. The molecule has 0 fully saturated rings. The fraction of sp³-hybridized carbons (Fsp3) is 0.200. The van der Waals surface area contributed by atoms with E-state index in [1.807, 2.05) is 37.3 Å². The number of nitrogens with one attached hydrogen (secondary N) is 1. The van der Waals surface area contributed by atoms with E-state index in [1.54, 1.807) is 0 Å². The van der Waals surface area contributed by atoms with Gasteiger partial charge in [-0.3, -0.25) is 4.98 Å². The summed E-state index contributed by atoms with van der Waals surface area (Å²) in [5.74, 6) is 0. The second-order valence-electron chi connectivity index (χ2n) is 5.78. The average Bonchev–Trinajstić information content (AvgIpc) is 2.53. The Kier molecular flexibility index (Phi) is 4.44. The minimum Gasteiger partial charge on any atom is -0.305 e. The molecule has 0 aliphatic heterocycles. The molecule has 0 amide bonds. The summed E-state index contributed by atoms with van der Waals surface area (Å²) in [5, 5.41) is 10.1. The molecule has 1 heterocycles. The number of rotatable bonds is 4. The van der Waals surface area contributed by atoms with E-state index < -0.39 is 0 Å². The molecule has 1 aromatic heterocycles. The molecule has 0 atom stereocenters. The number of hydrogen-bond acceptors (Lipinski definition) is 2. The van der Waals surface area contributed by atoms with Crippen LogP contribution >= 0.6 is 11.6 Å². The van der Waals surface area contributed by atoms with Gasteiger partial charge in [-0.1, -0.05) is 49.2 Å². The normalized spacial score (nSPS) is 10.9. The van der Waals surface area contributed by atoms with Crippen molar-refractivity contribution in [2.45, 2.75) is 26.7 Å². The van der Waals surface area contributed by atoms with Crippen molar-refractivity contribution in [2.75, 3.05) is 0 Å². The lowest BCUT2D eigenvalue weighted by atomic mass is 9.97. The molecule has 3 aromatic rings. The van der Waals surface area contributed by atoms with Gasteiger partial charge < -0.3 is 5.41 Å². The molecular formula is C20H19ClN2. The smallest absolute Gasteiger partial charge is 0.0718 e. The fourth-order valence-corrected chi connectivity index (χ4v) is 3.03. The number of aryl methyl sites for hydroxylation is 1. The first-order chi connectivity index (χ1) is 11.1. The molecule has 0 spiro atoms. The lowest BCUT2D eigenvalue weighted by Crippen LogP contribution is -2.01. The third-order valence-corrected chi connectivity index (χ3v) is 4.16. The number of benzene rings is 2. The average molecular weight is 323 g/mol. The van der Waals surface area contributed by atoms with Crippen LogP contribution in [0.1, 0.15) is 31.0 Å². The van der Waals surface area contributed by atoms with E-state index in [4.69, 9.17) is 17.0 Å². The molecule has 2 nitrogen and oxygen atoms in total. The van der Waals surface area contributed by atoms with Crippen molar-refractivity contribution >= 4 is 28.2 Å². The van der Waals surface area contributed by atoms with E-state index in [2.05, 4.69) is 30.1 Å². The van der Waals surface area contributed by atoms with E-state index in [9.17, 15) is 0 Å². The minimum atomic E-state index is 0.679. The van der Waals surface area contributed by atoms with Crippen molar-refractivity contribution in [2.24, 2.45) is 0 Å². The quantitative estimate of drug-likeness (QED) is 0.585. The standard InChI is InChI=1S/C20H19ClN2/c1-3-5-19(22)18-10-13(2)23-20-12-15(8-9-17(18)20)14-6-4-7-16(21)11-14/h4,6-12,22H,3,5H2,1-2H3. The minimum absolute atomic E-state index is 0.679. The predicted molar refractivity (Wildman–Crippen MR) is 98.7 cm³/mol. The highest BCUT2D eigenvalue weighted by Crippen LogP contribution is 2.28. The highest BCUT2D eigenvalue weighted by molar-refractivity contribution is 6.30. The van der Waals surface area contributed by atoms with Gasteiger partial charge in [0.1, 0.15) is 0 Å². The molecule has 23 heavy (non-hydrogen) atoms. The number of aromatic nitrogens is 1. The Hall–Kier alpha value is -2.19. The van der Waals surface area contributed by atoms with Gasteiger partial charge in [-0.05, 0) is 48.7 Å². The Morgan fingerprint density at radius 2 is 1.87 bits per heavy atom. The van der Waals surface area contributed by atoms with Crippen LogP contribution in [0.4, 0.5) is 0 Å². The molecule has 2 aromatic carbocycles. The van der Waals surface area contributed by atoms with Gasteiger partial charge in [0.25, 0.3) is 0 Å². The molecule has 0 unspecified atom stereocenters. The van der Waals surface area contributed by atoms with Crippen LogP contribution in [-0.2, 0) is 0 Å². The summed E-state index contributed by atoms with van der Waals surface area (Å²) >= 11 is 6.10. The summed E-state index contributed by atoms with van der Waals surface area (Å²) in [7, 11) is 0. The fourth-order valence-electron chi connectivity index (χ4n) is 2.84. The third kappa shape index (κ3) is 3.27. The summed E-state index contributed by atoms with van der Waals surface area (Å²) in [5.41, 5.74) is 5.71. The molecule has 0 aliphatic carbocycles. The molecule has 116 valence electrons. The SMILES string of the molecule is CCCC(=N)c1cc(C)nc2cc(-c3cccc(Cl)c3)ccc12. The molecule has 0 aliphatic rings. The van der Waals surface area contributed by atoms with E-state index >= 15 is 0 Å². The van der Waals surface area contributed by atoms with Gasteiger partial charge in [0.05, 0.1) is 5.52 Å². The summed E-state index contributed by atoms with van der Waals surface area (Å²) in [4.78, 5) is 4.66. The number of pyridine rings is 1. The maximum absolute atomic E-state index is 8.31. The Labute approximate surface area is 141 Å². The van der Waals surface area contributed by atoms with Gasteiger partial charge in [0.15, 0.2) is 0 Å². The van der Waals surface area contributed by atoms with Crippen LogP contribution in [0.5, 0.6) is 0 Å². The number of halogens is 1. The Bertz CT molecular complexity index is 884. The summed E-state index contributed by atoms with van der Waals surface area (Å²) in [6.45, 7) is 4.08. The zero-order chi connectivity index (χ0) is 16.4. The van der Waals surface area contributed by atoms with Crippen LogP contribution in [0.15, 0.2) is 48.5 Å². The van der Waals surface area contributed by atoms with Gasteiger partial charge in [0, 0.05) is 27.4 Å². The van der Waals surface area contributed by atoms with E-state index in [1.165, 1.54) is 0 Å². The van der Waals surface area contributed by atoms with Gasteiger partial charge in [-0.25, -0.2) is 0 Å². The number of hydrogen-bond donors (Lipinski definition) is 1. The van der Waals surface area contributed by atoms with E-state index in [0.717, 1.165) is 51.2 Å². The predicted octanol–water partition coefficient (Wildman–Crippen LogP) is 6.03. The lowest BCUT2D eigenvalue weighted by molar-refractivity contribution is 0.986. The Morgan fingerprint density at radius 1 is 1.09 bits per heavy atom. The summed E-state index contributed by atoms with van der Waals surface area (Å²) in [6.07, 6.45) is 1.76. The van der Waals surface area contributed by atoms with Crippen molar-refractivity contribution < 1.29 is 0 Å². The van der Waals surface area contributed by atoms with E-state index in [-0.39, 0.29) is 0 Å². The Morgan fingerprint density at radius 3 is 2.61 bits per heavy atom. The molecule has 3 heteroatoms. The van der Waals surface area contributed by atoms with Crippen LogP contribution in [0.2, 0.25) is 5.02 Å². The molecule has 0 saturated carbocycles. The number of nitrogens with zero attached hydrogens (tertiary/aromatic N) is 1. The topological polar surface area (TPSA) is 36.7 Å². The summed E-state index contributed by atoms with van der Waals surface area (Å²) in [6, 6.07) is 16.1. The zero-order valence-corrected chi connectivity index (χ0v) is 14.1. The highest BCUT2D eigenvalue weighted by Gasteiger charge is 2.10. The maximum Gasteiger partial charge on any atom is 0.0718 e. The van der Waals surface area contributed by atoms with Crippen molar-refractivity contribution in [1.82, 2.24) is 4.98 Å². The second kappa shape index (κ2) is 6.51. The first kappa shape index (κ1) is 15.7. The molecule has 1 N–H and O–H groups in total. The van der Waals surface area contributed by atoms with Gasteiger partial charge in [-0.15, -0.1) is 0 Å². The highest BCUT2D eigenvalue weighted by atomic mass is 35.5. The monoisotopic (exact) mass is 322 g/mol. The van der Waals surface area contributed by atoms with Crippen LogP contribution in [0.3, 0.4) is 0 Å². The summed E-state index contributed by atoms with van der Waals surface area (Å²) < 4.78 is 0. The molecular weight excluding hydrogens is 304 g/mol. The maximum atomic E-state index is 8.31. The largest absolute Gasteiger partial charge is 0.305 e. The second-order valence-corrected chi connectivity index (χ2v) is 6.22. The van der Waals surface area contributed by atoms with Crippen molar-refractivity contribution in [3.05, 3.63) is 64.8 Å². The first-order valence-corrected chi connectivity index (χ1v) is 8.21. The number of fused-ring (bicyclic) bond motifs is 1. The van der Waals surface area contributed by atoms with Crippen molar-refractivity contribution in [3.63, 3.8) is 0 Å². The van der Waals surface area contributed by atoms with Crippen LogP contribution in [0.25, 0.3) is 22.0 Å². The molecule has 3 rings (SSSR count). The van der Waals surface area contributed by atoms with Crippen molar-refractivity contribution in [3.8, 4) is 11.1 Å². The zero-order valence-electron chi connectivity index (χ0n) is 13.4. The lowest BCUT2D eigenvalue weighted by Gasteiger charge is -2.11. The molecule has 0 bridgehead atoms. The van der Waals surface area contributed by atoms with E-state index in [0.29, 0.717) is 5.71 Å². The Balaban J connectivity index is 2.15. The van der Waals surface area contributed by atoms with Crippen LogP contribution < -0.4 is 0 Å². The van der Waals surface area contributed by atoms with Gasteiger partial charge >= 0.3 is 0 Å². The first-order valence-electron chi connectivity index (χ1n) is 7.83.